The number of esters is 2. The number of ether oxygens (including phenoxy) is 3. The van der Waals surface area contributed by atoms with Crippen molar-refractivity contribution in [2.75, 3.05) is 37.8 Å². The van der Waals surface area contributed by atoms with Crippen LogP contribution in [0.15, 0.2) is 12.3 Å². The molecule has 1 aliphatic heterocycles. The Balaban J connectivity index is 2.00. The maximum atomic E-state index is 12.3. The van der Waals surface area contributed by atoms with Gasteiger partial charge in [-0.2, -0.15) is 0 Å². The number of morpholine rings is 1. The summed E-state index contributed by atoms with van der Waals surface area (Å²) in [4.78, 5) is 29.7. The van der Waals surface area contributed by atoms with Crippen molar-refractivity contribution in [3.05, 3.63) is 23.5 Å². The van der Waals surface area contributed by atoms with Gasteiger partial charge in [0.05, 0.1) is 31.7 Å². The van der Waals surface area contributed by atoms with Crippen molar-refractivity contribution in [3.63, 3.8) is 0 Å². The van der Waals surface area contributed by atoms with Crippen LogP contribution < -0.4 is 4.90 Å². The van der Waals surface area contributed by atoms with Crippen molar-refractivity contribution in [3.8, 4) is 0 Å². The molecular formula is C16H20N4O5. The monoisotopic (exact) mass is 348 g/mol. The summed E-state index contributed by atoms with van der Waals surface area (Å²) in [6, 6.07) is 1.68. The summed E-state index contributed by atoms with van der Waals surface area (Å²) in [6.07, 6.45) is 1.64. The molecule has 2 aromatic heterocycles. The van der Waals surface area contributed by atoms with Crippen LogP contribution in [0.5, 0.6) is 0 Å². The quantitative estimate of drug-likeness (QED) is 0.733. The summed E-state index contributed by atoms with van der Waals surface area (Å²) in [5.41, 5.74) is 1.21. The molecule has 2 aromatic rings. The molecule has 0 aliphatic carbocycles. The molecule has 9 heteroatoms. The molecule has 0 radical (unpaired) electrons. The summed E-state index contributed by atoms with van der Waals surface area (Å²) in [5.74, 6) is -0.214. The van der Waals surface area contributed by atoms with Crippen LogP contribution in [0.1, 0.15) is 29.9 Å². The van der Waals surface area contributed by atoms with Crippen LogP contribution in [0.2, 0.25) is 0 Å². The average molecular weight is 348 g/mol. The number of fused-ring (bicyclic) bond motifs is 1. The Hall–Kier alpha value is -2.68. The third-order valence-electron chi connectivity index (χ3n) is 3.72. The highest BCUT2D eigenvalue weighted by Gasteiger charge is 2.21. The van der Waals surface area contributed by atoms with Crippen molar-refractivity contribution in [2.45, 2.75) is 20.5 Å². The van der Waals surface area contributed by atoms with Crippen LogP contribution in [-0.2, 0) is 25.6 Å². The molecule has 134 valence electrons. The molecule has 0 aromatic carbocycles. The number of hydrogen-bond donors (Lipinski definition) is 0. The Labute approximate surface area is 144 Å². The Bertz CT molecular complexity index is 782. The third-order valence-corrected chi connectivity index (χ3v) is 3.72. The van der Waals surface area contributed by atoms with Gasteiger partial charge in [-0.05, 0) is 6.92 Å². The molecule has 3 rings (SSSR count). The van der Waals surface area contributed by atoms with Gasteiger partial charge in [-0.1, -0.05) is 0 Å². The van der Waals surface area contributed by atoms with Gasteiger partial charge >= 0.3 is 11.9 Å². The van der Waals surface area contributed by atoms with Crippen LogP contribution in [0, 0.1) is 0 Å². The van der Waals surface area contributed by atoms with Gasteiger partial charge in [0.1, 0.15) is 12.2 Å². The number of hydrogen-bond acceptors (Lipinski definition) is 8. The zero-order chi connectivity index (χ0) is 17.8. The van der Waals surface area contributed by atoms with Crippen molar-refractivity contribution in [2.24, 2.45) is 0 Å². The number of carbonyl (C=O) groups excluding carboxylic acids is 2. The number of anilines is 1. The van der Waals surface area contributed by atoms with Gasteiger partial charge in [0.25, 0.3) is 0 Å². The second-order valence-electron chi connectivity index (χ2n) is 5.52. The van der Waals surface area contributed by atoms with Crippen LogP contribution in [-0.4, -0.2) is 59.4 Å². The molecule has 3 heterocycles. The number of imidazole rings is 1. The maximum absolute atomic E-state index is 12.3. The van der Waals surface area contributed by atoms with Crippen LogP contribution in [0.4, 0.5) is 5.82 Å². The van der Waals surface area contributed by atoms with E-state index in [9.17, 15) is 9.59 Å². The van der Waals surface area contributed by atoms with E-state index in [1.807, 2.05) is 4.90 Å². The fourth-order valence-corrected chi connectivity index (χ4v) is 2.56. The Morgan fingerprint density at radius 3 is 2.72 bits per heavy atom. The van der Waals surface area contributed by atoms with Gasteiger partial charge in [-0.15, -0.1) is 5.10 Å². The highest BCUT2D eigenvalue weighted by molar-refractivity contribution is 5.96. The Kier molecular flexibility index (Phi) is 5.13. The van der Waals surface area contributed by atoms with Gasteiger partial charge in [-0.25, -0.2) is 14.3 Å². The van der Waals surface area contributed by atoms with E-state index in [1.54, 1.807) is 19.2 Å². The molecule has 0 spiro atoms. The minimum absolute atomic E-state index is 0.0217. The Morgan fingerprint density at radius 1 is 1.28 bits per heavy atom. The SMILES string of the molecule is CCOC(=O)c1cc(N2CCOCC2)nn2cc(COC(C)=O)nc12. The number of carbonyl (C=O) groups is 2. The second-order valence-corrected chi connectivity index (χ2v) is 5.52. The molecule has 0 atom stereocenters. The third kappa shape index (κ3) is 3.87. The predicted octanol–water partition coefficient (Wildman–Crippen LogP) is 0.806. The molecule has 0 bridgehead atoms. The molecule has 9 nitrogen and oxygen atoms in total. The van der Waals surface area contributed by atoms with E-state index in [4.69, 9.17) is 14.2 Å². The topological polar surface area (TPSA) is 95.3 Å². The standard InChI is InChI=1S/C16H20N4O5/c1-3-24-16(22)13-8-14(19-4-6-23-7-5-19)18-20-9-12(17-15(13)20)10-25-11(2)21/h8-9H,3-7,10H2,1-2H3. The van der Waals surface area contributed by atoms with E-state index in [0.717, 1.165) is 0 Å². The molecule has 0 unspecified atom stereocenters. The van der Waals surface area contributed by atoms with E-state index in [2.05, 4.69) is 10.1 Å². The van der Waals surface area contributed by atoms with Gasteiger partial charge < -0.3 is 19.1 Å². The lowest BCUT2D eigenvalue weighted by Gasteiger charge is -2.27. The highest BCUT2D eigenvalue weighted by Crippen LogP contribution is 2.20. The first-order valence-corrected chi connectivity index (χ1v) is 8.11. The fourth-order valence-electron chi connectivity index (χ4n) is 2.56. The first-order chi connectivity index (χ1) is 12.1. The predicted molar refractivity (Wildman–Crippen MR) is 87.4 cm³/mol. The van der Waals surface area contributed by atoms with Crippen molar-refractivity contribution >= 4 is 23.4 Å². The Morgan fingerprint density at radius 2 is 2.04 bits per heavy atom. The lowest BCUT2D eigenvalue weighted by molar-refractivity contribution is -0.142. The number of rotatable bonds is 5. The van der Waals surface area contributed by atoms with Gasteiger partial charge in [0, 0.05) is 26.1 Å². The number of aromatic nitrogens is 3. The van der Waals surface area contributed by atoms with Crippen molar-refractivity contribution in [1.82, 2.24) is 14.6 Å². The van der Waals surface area contributed by atoms with E-state index in [-0.39, 0.29) is 13.2 Å². The van der Waals surface area contributed by atoms with Gasteiger partial charge in [-0.3, -0.25) is 4.79 Å². The molecule has 0 amide bonds. The normalized spacial score (nSPS) is 14.6. The number of nitrogens with zero attached hydrogens (tertiary/aromatic N) is 4. The first-order valence-electron chi connectivity index (χ1n) is 8.11. The minimum Gasteiger partial charge on any atom is -0.462 e. The molecule has 25 heavy (non-hydrogen) atoms. The van der Waals surface area contributed by atoms with Crippen molar-refractivity contribution < 1.29 is 23.8 Å². The average Bonchev–Trinajstić information content (AvgIpc) is 3.03. The van der Waals surface area contributed by atoms with Crippen molar-refractivity contribution in [1.29, 1.82) is 0 Å². The summed E-state index contributed by atoms with van der Waals surface area (Å²) >= 11 is 0. The van der Waals surface area contributed by atoms with E-state index >= 15 is 0 Å². The van der Waals surface area contributed by atoms with E-state index in [1.165, 1.54) is 11.4 Å². The van der Waals surface area contributed by atoms with Gasteiger partial charge in [0.15, 0.2) is 11.5 Å². The summed E-state index contributed by atoms with van der Waals surface area (Å²) in [7, 11) is 0. The zero-order valence-corrected chi connectivity index (χ0v) is 14.2. The maximum Gasteiger partial charge on any atom is 0.342 e. The second kappa shape index (κ2) is 7.47. The smallest absolute Gasteiger partial charge is 0.342 e. The molecule has 0 saturated carbocycles. The largest absolute Gasteiger partial charge is 0.462 e. The fraction of sp³-hybridized carbons (Fsp3) is 0.500. The van der Waals surface area contributed by atoms with E-state index < -0.39 is 11.9 Å². The highest BCUT2D eigenvalue weighted by atomic mass is 16.5. The summed E-state index contributed by atoms with van der Waals surface area (Å²) < 4.78 is 17.0. The lowest BCUT2D eigenvalue weighted by Crippen LogP contribution is -2.37. The summed E-state index contributed by atoms with van der Waals surface area (Å²) in [5, 5.41) is 4.53. The zero-order valence-electron chi connectivity index (χ0n) is 14.2. The molecule has 1 fully saturated rings. The van der Waals surface area contributed by atoms with Crippen LogP contribution in [0.3, 0.4) is 0 Å². The first kappa shape index (κ1) is 17.2. The lowest BCUT2D eigenvalue weighted by atomic mass is 10.2. The molecule has 1 aliphatic rings. The molecule has 1 saturated heterocycles. The minimum atomic E-state index is -0.464. The molecule has 0 N–H and O–H groups in total. The van der Waals surface area contributed by atoms with Crippen LogP contribution in [0.25, 0.3) is 5.65 Å². The molecular weight excluding hydrogens is 328 g/mol. The van der Waals surface area contributed by atoms with Gasteiger partial charge in [0.2, 0.25) is 0 Å². The summed E-state index contributed by atoms with van der Waals surface area (Å²) in [6.45, 7) is 5.96. The van der Waals surface area contributed by atoms with Crippen LogP contribution >= 0.6 is 0 Å². The van der Waals surface area contributed by atoms with E-state index in [0.29, 0.717) is 49.0 Å².